The lowest BCUT2D eigenvalue weighted by Crippen LogP contribution is -2.38. The topological polar surface area (TPSA) is 58.5 Å². The zero-order valence-corrected chi connectivity index (χ0v) is 13.7. The summed E-state index contributed by atoms with van der Waals surface area (Å²) in [4.78, 5) is 8.93. The summed E-state index contributed by atoms with van der Waals surface area (Å²) in [7, 11) is 1.62. The van der Waals surface area contributed by atoms with Crippen LogP contribution in [-0.2, 0) is 13.0 Å². The Kier molecular flexibility index (Phi) is 6.91. The molecule has 1 heterocycles. The summed E-state index contributed by atoms with van der Waals surface area (Å²) in [6, 6.07) is 16.1. The van der Waals surface area contributed by atoms with Crippen molar-refractivity contribution in [2.75, 3.05) is 20.2 Å². The van der Waals surface area contributed by atoms with Crippen LogP contribution in [0, 0.1) is 0 Å². The van der Waals surface area contributed by atoms with Crippen LogP contribution in [0.4, 0.5) is 0 Å². The molecule has 0 fully saturated rings. The number of rotatable bonds is 7. The summed E-state index contributed by atoms with van der Waals surface area (Å²) in [6.45, 7) is 4.22. The Balaban J connectivity index is 1.88. The van der Waals surface area contributed by atoms with Crippen molar-refractivity contribution >= 4 is 5.96 Å². The highest BCUT2D eigenvalue weighted by molar-refractivity contribution is 5.79. The van der Waals surface area contributed by atoms with Gasteiger partial charge < -0.3 is 15.4 Å². The van der Waals surface area contributed by atoms with E-state index in [0.717, 1.165) is 31.2 Å². The van der Waals surface area contributed by atoms with Crippen LogP contribution in [-0.4, -0.2) is 31.1 Å². The Morgan fingerprint density at radius 2 is 1.91 bits per heavy atom. The van der Waals surface area contributed by atoms with Crippen molar-refractivity contribution in [2.24, 2.45) is 4.99 Å². The second kappa shape index (κ2) is 9.46. The third kappa shape index (κ3) is 5.98. The number of nitrogens with one attached hydrogen (secondary N) is 2. The maximum atomic E-state index is 5.13. The number of methoxy groups -OCH3 is 1. The second-order valence-electron chi connectivity index (χ2n) is 5.03. The summed E-state index contributed by atoms with van der Waals surface area (Å²) < 4.78 is 5.13. The molecule has 0 aliphatic carbocycles. The summed E-state index contributed by atoms with van der Waals surface area (Å²) in [5, 5.41) is 6.60. The van der Waals surface area contributed by atoms with Crippen LogP contribution in [0.1, 0.15) is 18.2 Å². The van der Waals surface area contributed by atoms with Crippen molar-refractivity contribution in [1.29, 1.82) is 0 Å². The molecule has 2 aromatic rings. The Bertz CT molecular complexity index is 613. The van der Waals surface area contributed by atoms with Gasteiger partial charge in [0.15, 0.2) is 5.96 Å². The monoisotopic (exact) mass is 312 g/mol. The normalized spacial score (nSPS) is 11.1. The number of aliphatic imine (C=N–C) groups is 1. The molecule has 0 saturated heterocycles. The molecule has 5 nitrogen and oxygen atoms in total. The fraction of sp³-hybridized carbons (Fsp3) is 0.333. The molecule has 5 heteroatoms. The first-order valence-corrected chi connectivity index (χ1v) is 7.88. The fourth-order valence-corrected chi connectivity index (χ4v) is 2.13. The van der Waals surface area contributed by atoms with E-state index in [0.29, 0.717) is 12.4 Å². The average molecular weight is 312 g/mol. The zero-order chi connectivity index (χ0) is 16.3. The van der Waals surface area contributed by atoms with E-state index in [1.807, 2.05) is 24.3 Å². The largest absolute Gasteiger partial charge is 0.481 e. The maximum absolute atomic E-state index is 5.13. The Morgan fingerprint density at radius 3 is 2.65 bits per heavy atom. The molecule has 2 N–H and O–H groups in total. The Morgan fingerprint density at radius 1 is 1.09 bits per heavy atom. The standard InChI is InChI=1S/C18H24N4O/c1-3-19-18(20-13-12-15-8-5-4-6-9-15)21-14-16-10-7-11-17(22-16)23-2/h4-11H,3,12-14H2,1-2H3,(H2,19,20,21). The summed E-state index contributed by atoms with van der Waals surface area (Å²) >= 11 is 0. The Labute approximate surface area is 137 Å². The van der Waals surface area contributed by atoms with Gasteiger partial charge in [0.05, 0.1) is 19.3 Å². The van der Waals surface area contributed by atoms with Crippen LogP contribution in [0.25, 0.3) is 0 Å². The highest BCUT2D eigenvalue weighted by Gasteiger charge is 2.00. The van der Waals surface area contributed by atoms with Gasteiger partial charge in [0, 0.05) is 19.2 Å². The molecule has 1 aromatic carbocycles. The third-order valence-electron chi connectivity index (χ3n) is 3.28. The molecular weight excluding hydrogens is 288 g/mol. The quantitative estimate of drug-likeness (QED) is 0.609. The predicted octanol–water partition coefficient (Wildman–Crippen LogP) is 2.39. The minimum Gasteiger partial charge on any atom is -0.481 e. The van der Waals surface area contributed by atoms with Gasteiger partial charge in [-0.25, -0.2) is 9.98 Å². The molecule has 0 atom stereocenters. The molecule has 0 spiro atoms. The molecule has 0 amide bonds. The number of pyridine rings is 1. The first-order valence-electron chi connectivity index (χ1n) is 7.88. The highest BCUT2D eigenvalue weighted by atomic mass is 16.5. The van der Waals surface area contributed by atoms with Crippen LogP contribution in [0.15, 0.2) is 53.5 Å². The van der Waals surface area contributed by atoms with Gasteiger partial charge in [-0.15, -0.1) is 0 Å². The van der Waals surface area contributed by atoms with Crippen LogP contribution in [0.3, 0.4) is 0 Å². The van der Waals surface area contributed by atoms with E-state index in [1.165, 1.54) is 5.56 Å². The number of aromatic nitrogens is 1. The van der Waals surface area contributed by atoms with E-state index in [-0.39, 0.29) is 0 Å². The lowest BCUT2D eigenvalue weighted by atomic mass is 10.1. The maximum Gasteiger partial charge on any atom is 0.213 e. The lowest BCUT2D eigenvalue weighted by molar-refractivity contribution is 0.396. The van der Waals surface area contributed by atoms with Gasteiger partial charge in [0.2, 0.25) is 5.88 Å². The lowest BCUT2D eigenvalue weighted by Gasteiger charge is -2.11. The zero-order valence-electron chi connectivity index (χ0n) is 13.7. The Hall–Kier alpha value is -2.56. The van der Waals surface area contributed by atoms with Crippen molar-refractivity contribution in [3.63, 3.8) is 0 Å². The van der Waals surface area contributed by atoms with Gasteiger partial charge in [-0.3, -0.25) is 0 Å². The summed E-state index contributed by atoms with van der Waals surface area (Å²) in [5.74, 6) is 1.41. The van der Waals surface area contributed by atoms with E-state index in [9.17, 15) is 0 Å². The van der Waals surface area contributed by atoms with Crippen molar-refractivity contribution in [1.82, 2.24) is 15.6 Å². The molecule has 0 radical (unpaired) electrons. The van der Waals surface area contributed by atoms with E-state index < -0.39 is 0 Å². The summed E-state index contributed by atoms with van der Waals surface area (Å²) in [5.41, 5.74) is 2.19. The van der Waals surface area contributed by atoms with Crippen LogP contribution >= 0.6 is 0 Å². The van der Waals surface area contributed by atoms with E-state index in [1.54, 1.807) is 7.11 Å². The van der Waals surface area contributed by atoms with Crippen molar-refractivity contribution in [3.05, 3.63) is 59.8 Å². The van der Waals surface area contributed by atoms with Gasteiger partial charge in [-0.2, -0.15) is 0 Å². The van der Waals surface area contributed by atoms with Gasteiger partial charge in [0.1, 0.15) is 0 Å². The molecule has 0 aliphatic heterocycles. The highest BCUT2D eigenvalue weighted by Crippen LogP contribution is 2.07. The van der Waals surface area contributed by atoms with E-state index >= 15 is 0 Å². The molecule has 0 aliphatic rings. The number of hydrogen-bond donors (Lipinski definition) is 2. The molecule has 0 bridgehead atoms. The van der Waals surface area contributed by atoms with E-state index in [2.05, 4.69) is 51.8 Å². The number of hydrogen-bond acceptors (Lipinski definition) is 3. The van der Waals surface area contributed by atoms with Crippen molar-refractivity contribution < 1.29 is 4.74 Å². The number of nitrogens with zero attached hydrogens (tertiary/aromatic N) is 2. The number of guanidine groups is 1. The minimum atomic E-state index is 0.512. The smallest absolute Gasteiger partial charge is 0.213 e. The SMILES string of the molecule is CCNC(=NCc1cccc(OC)n1)NCCc1ccccc1. The molecular formula is C18H24N4O. The minimum absolute atomic E-state index is 0.512. The van der Waals surface area contributed by atoms with Gasteiger partial charge in [0.25, 0.3) is 0 Å². The van der Waals surface area contributed by atoms with Gasteiger partial charge in [-0.1, -0.05) is 36.4 Å². The second-order valence-corrected chi connectivity index (χ2v) is 5.03. The molecule has 1 aromatic heterocycles. The third-order valence-corrected chi connectivity index (χ3v) is 3.28. The first-order chi connectivity index (χ1) is 11.3. The van der Waals surface area contributed by atoms with Gasteiger partial charge >= 0.3 is 0 Å². The molecule has 122 valence electrons. The molecule has 23 heavy (non-hydrogen) atoms. The van der Waals surface area contributed by atoms with E-state index in [4.69, 9.17) is 4.74 Å². The fourth-order valence-electron chi connectivity index (χ4n) is 2.13. The molecule has 0 saturated carbocycles. The number of ether oxygens (including phenoxy) is 1. The summed E-state index contributed by atoms with van der Waals surface area (Å²) in [6.07, 6.45) is 0.961. The van der Waals surface area contributed by atoms with Crippen LogP contribution < -0.4 is 15.4 Å². The molecule has 0 unspecified atom stereocenters. The van der Waals surface area contributed by atoms with Crippen molar-refractivity contribution in [3.8, 4) is 5.88 Å². The average Bonchev–Trinajstić information content (AvgIpc) is 2.61. The van der Waals surface area contributed by atoms with Gasteiger partial charge in [-0.05, 0) is 25.0 Å². The van der Waals surface area contributed by atoms with Crippen LogP contribution in [0.2, 0.25) is 0 Å². The molecule has 2 rings (SSSR count). The van der Waals surface area contributed by atoms with Crippen LogP contribution in [0.5, 0.6) is 5.88 Å². The predicted molar refractivity (Wildman–Crippen MR) is 93.8 cm³/mol. The first kappa shape index (κ1) is 16.8. The number of benzene rings is 1. The van der Waals surface area contributed by atoms with Crippen molar-refractivity contribution in [2.45, 2.75) is 19.9 Å².